The van der Waals surface area contributed by atoms with Crippen molar-refractivity contribution in [3.63, 3.8) is 0 Å². The molecule has 1 spiro atoms. The highest BCUT2D eigenvalue weighted by Gasteiger charge is 2.45. The molecule has 56 heavy (non-hydrogen) atoms. The first-order chi connectivity index (χ1) is 26.8. The van der Waals surface area contributed by atoms with Gasteiger partial charge in [0.15, 0.2) is 0 Å². The smallest absolute Gasteiger partial charge is 0.139 e. The van der Waals surface area contributed by atoms with Crippen molar-refractivity contribution in [3.05, 3.63) is 148 Å². The van der Waals surface area contributed by atoms with Crippen molar-refractivity contribution < 1.29 is 4.42 Å². The molecule has 0 unspecified atom stereocenters. The Morgan fingerprint density at radius 1 is 0.589 bits per heavy atom. The van der Waals surface area contributed by atoms with Crippen molar-refractivity contribution in [1.29, 1.82) is 0 Å². The van der Waals surface area contributed by atoms with Gasteiger partial charge >= 0.3 is 0 Å². The summed E-state index contributed by atoms with van der Waals surface area (Å²) < 4.78 is 7.00. The Bertz CT molecular complexity index is 2720. The fourth-order valence-electron chi connectivity index (χ4n) is 10.9. The van der Waals surface area contributed by atoms with Crippen LogP contribution in [0.3, 0.4) is 0 Å². The van der Waals surface area contributed by atoms with Gasteiger partial charge in [0, 0.05) is 44.2 Å². The third-order valence-corrected chi connectivity index (χ3v) is 13.9. The Kier molecular flexibility index (Phi) is 7.71. The van der Waals surface area contributed by atoms with Crippen molar-refractivity contribution in [1.82, 2.24) is 0 Å². The highest BCUT2D eigenvalue weighted by atomic mass is 16.3. The molecular formula is C54H55NO. The summed E-state index contributed by atoms with van der Waals surface area (Å²) in [4.78, 5) is 2.57. The van der Waals surface area contributed by atoms with Crippen LogP contribution in [0.1, 0.15) is 139 Å². The lowest BCUT2D eigenvalue weighted by Gasteiger charge is -2.32. The molecule has 0 bridgehead atoms. The fourth-order valence-corrected chi connectivity index (χ4v) is 10.9. The van der Waals surface area contributed by atoms with Gasteiger partial charge in [-0.2, -0.15) is 0 Å². The number of hydrogen-bond donors (Lipinski definition) is 0. The van der Waals surface area contributed by atoms with Crippen molar-refractivity contribution in [2.75, 3.05) is 4.90 Å². The number of benzene rings is 6. The standard InChI is InChI=1S/C54H55NO/c1-32(2)34-26-42(33(3)4)50-43-28-37(31-48(52(5,6)7)51(43)56-49(50)27-34)55(35-20-22-40-38-16-10-12-18-44(38)53(8,9)46(40)29-35)36-21-23-41-39-17-11-13-19-45(39)54(47(41)30-36)24-14-15-25-54/h10-13,16-23,26-33H,14-15,24-25H2,1-9H3. The normalized spacial score (nSPS) is 16.3. The lowest BCUT2D eigenvalue weighted by Crippen LogP contribution is -2.21. The molecule has 0 N–H and O–H groups in total. The first kappa shape index (κ1) is 35.3. The number of anilines is 3. The predicted octanol–water partition coefficient (Wildman–Crippen LogP) is 15.7. The Morgan fingerprint density at radius 2 is 1.18 bits per heavy atom. The van der Waals surface area contributed by atoms with Gasteiger partial charge in [-0.05, 0) is 128 Å². The first-order valence-corrected chi connectivity index (χ1v) is 21.1. The van der Waals surface area contributed by atoms with Crippen molar-refractivity contribution in [2.45, 2.75) is 116 Å². The zero-order valence-corrected chi connectivity index (χ0v) is 34.7. The molecule has 1 aromatic heterocycles. The second-order valence-corrected chi connectivity index (χ2v) is 19.3. The predicted molar refractivity (Wildman–Crippen MR) is 238 cm³/mol. The van der Waals surface area contributed by atoms with E-state index in [0.29, 0.717) is 11.8 Å². The van der Waals surface area contributed by atoms with E-state index in [9.17, 15) is 0 Å². The van der Waals surface area contributed by atoms with Gasteiger partial charge in [-0.15, -0.1) is 0 Å². The maximum absolute atomic E-state index is 7.00. The van der Waals surface area contributed by atoms with Crippen LogP contribution < -0.4 is 4.90 Å². The minimum absolute atomic E-state index is 0.0801. The molecule has 10 rings (SSSR count). The van der Waals surface area contributed by atoms with E-state index < -0.39 is 0 Å². The van der Waals surface area contributed by atoms with E-state index in [0.717, 1.165) is 11.2 Å². The van der Waals surface area contributed by atoms with Crippen molar-refractivity contribution >= 4 is 39.0 Å². The van der Waals surface area contributed by atoms with E-state index in [1.165, 1.54) is 115 Å². The lowest BCUT2D eigenvalue weighted by atomic mass is 9.76. The molecule has 3 aliphatic rings. The first-order valence-electron chi connectivity index (χ1n) is 21.1. The maximum atomic E-state index is 7.00. The topological polar surface area (TPSA) is 16.4 Å². The summed E-state index contributed by atoms with van der Waals surface area (Å²) in [6.07, 6.45) is 4.97. The zero-order valence-electron chi connectivity index (χ0n) is 34.7. The minimum Gasteiger partial charge on any atom is -0.456 e. The average molecular weight is 734 g/mol. The van der Waals surface area contributed by atoms with Gasteiger partial charge in [0.05, 0.1) is 0 Å². The molecule has 1 saturated carbocycles. The van der Waals surface area contributed by atoms with E-state index in [-0.39, 0.29) is 16.2 Å². The van der Waals surface area contributed by atoms with Gasteiger partial charge in [0.1, 0.15) is 11.2 Å². The highest BCUT2D eigenvalue weighted by Crippen LogP contribution is 2.58. The summed E-state index contributed by atoms with van der Waals surface area (Å²) in [7, 11) is 0. The summed E-state index contributed by atoms with van der Waals surface area (Å²) in [5.41, 5.74) is 20.7. The summed E-state index contributed by atoms with van der Waals surface area (Å²) in [6.45, 7) is 21.0. The molecule has 6 aromatic carbocycles. The van der Waals surface area contributed by atoms with Crippen LogP contribution in [0.25, 0.3) is 44.2 Å². The molecule has 7 aromatic rings. The Morgan fingerprint density at radius 3 is 1.82 bits per heavy atom. The monoisotopic (exact) mass is 733 g/mol. The lowest BCUT2D eigenvalue weighted by molar-refractivity contribution is 0.550. The quantitative estimate of drug-likeness (QED) is 0.175. The third-order valence-electron chi connectivity index (χ3n) is 13.9. The van der Waals surface area contributed by atoms with Gasteiger partial charge in [-0.3, -0.25) is 0 Å². The molecular weight excluding hydrogens is 679 g/mol. The van der Waals surface area contributed by atoms with Gasteiger partial charge in [0.2, 0.25) is 0 Å². The molecule has 282 valence electrons. The Hall–Kier alpha value is -5.08. The van der Waals surface area contributed by atoms with E-state index in [1.54, 1.807) is 0 Å². The average Bonchev–Trinajstić information content (AvgIpc) is 3.93. The van der Waals surface area contributed by atoms with Crippen molar-refractivity contribution in [3.8, 4) is 22.3 Å². The van der Waals surface area contributed by atoms with Crippen LogP contribution >= 0.6 is 0 Å². The number of rotatable bonds is 5. The van der Waals surface area contributed by atoms with Gasteiger partial charge in [-0.1, -0.05) is 142 Å². The summed E-state index contributed by atoms with van der Waals surface area (Å²) in [5.74, 6) is 0.777. The Labute approximate surface area is 333 Å². The van der Waals surface area contributed by atoms with Crippen LogP contribution in [0.4, 0.5) is 17.1 Å². The highest BCUT2D eigenvalue weighted by molar-refractivity contribution is 6.10. The van der Waals surface area contributed by atoms with E-state index in [1.807, 2.05) is 0 Å². The summed E-state index contributed by atoms with van der Waals surface area (Å²) >= 11 is 0. The molecule has 3 aliphatic carbocycles. The van der Waals surface area contributed by atoms with Crippen molar-refractivity contribution in [2.24, 2.45) is 0 Å². The van der Waals surface area contributed by atoms with Crippen LogP contribution in [-0.2, 0) is 16.2 Å². The van der Waals surface area contributed by atoms with E-state index in [4.69, 9.17) is 4.42 Å². The van der Waals surface area contributed by atoms with Gasteiger partial charge in [-0.25, -0.2) is 0 Å². The summed E-state index contributed by atoms with van der Waals surface area (Å²) in [5, 5.41) is 2.47. The van der Waals surface area contributed by atoms with Crippen LogP contribution in [0.2, 0.25) is 0 Å². The number of hydrogen-bond acceptors (Lipinski definition) is 2. The number of furan rings is 1. The largest absolute Gasteiger partial charge is 0.456 e. The van der Waals surface area contributed by atoms with Crippen LogP contribution in [0, 0.1) is 0 Å². The Balaban J connectivity index is 1.27. The number of fused-ring (bicyclic) bond motifs is 11. The van der Waals surface area contributed by atoms with Crippen LogP contribution in [-0.4, -0.2) is 0 Å². The second-order valence-electron chi connectivity index (χ2n) is 19.3. The molecule has 0 atom stereocenters. The van der Waals surface area contributed by atoms with Crippen LogP contribution in [0.15, 0.2) is 114 Å². The zero-order chi connectivity index (χ0) is 38.9. The van der Waals surface area contributed by atoms with Gasteiger partial charge < -0.3 is 9.32 Å². The SMILES string of the molecule is CC(C)c1cc(C(C)C)c2c(c1)oc1c(C(C)(C)C)cc(N(c3ccc4c(c3)C(C)(C)c3ccccc3-4)c3ccc4c(c3)C3(CCCC3)c3ccccc3-4)cc12. The molecule has 0 aliphatic heterocycles. The molecule has 0 saturated heterocycles. The van der Waals surface area contributed by atoms with Crippen LogP contribution in [0.5, 0.6) is 0 Å². The molecule has 2 nitrogen and oxygen atoms in total. The van der Waals surface area contributed by atoms with E-state index >= 15 is 0 Å². The van der Waals surface area contributed by atoms with E-state index in [2.05, 4.69) is 176 Å². The molecule has 1 heterocycles. The maximum Gasteiger partial charge on any atom is 0.139 e. The molecule has 2 heteroatoms. The second kappa shape index (κ2) is 12.2. The van der Waals surface area contributed by atoms with Gasteiger partial charge in [0.25, 0.3) is 0 Å². The molecule has 0 radical (unpaired) electrons. The third kappa shape index (κ3) is 5.00. The minimum atomic E-state index is -0.151. The summed E-state index contributed by atoms with van der Waals surface area (Å²) in [6, 6.07) is 42.4. The molecule has 0 amide bonds. The molecule has 1 fully saturated rings. The fraction of sp³-hybridized carbons (Fsp3) is 0.333. The number of nitrogens with zero attached hydrogens (tertiary/aromatic N) is 1.